The van der Waals surface area contributed by atoms with Gasteiger partial charge in [-0.15, -0.1) is 0 Å². The summed E-state index contributed by atoms with van der Waals surface area (Å²) in [4.78, 5) is 26.8. The lowest BCUT2D eigenvalue weighted by atomic mass is 9.48. The second kappa shape index (κ2) is 7.05. The van der Waals surface area contributed by atoms with Crippen LogP contribution >= 0.6 is 15.9 Å². The number of rotatable bonds is 5. The molecule has 0 aliphatic heterocycles. The fourth-order valence-electron chi connectivity index (χ4n) is 6.27. The molecule has 2 atom stereocenters. The minimum absolute atomic E-state index is 0.0193. The molecule has 1 aromatic carbocycles. The van der Waals surface area contributed by atoms with Crippen LogP contribution in [0.2, 0.25) is 0 Å². The van der Waals surface area contributed by atoms with Gasteiger partial charge in [-0.3, -0.25) is 9.59 Å². The number of halogens is 1. The fraction of sp³-hybridized carbons (Fsp3) is 0.636. The number of carbonyl (C=O) groups excluding carboxylic acids is 2. The lowest BCUT2D eigenvalue weighted by molar-refractivity contribution is -0.123. The summed E-state index contributed by atoms with van der Waals surface area (Å²) in [5.74, 6) is 2.01. The van der Waals surface area contributed by atoms with Crippen molar-refractivity contribution in [1.29, 1.82) is 0 Å². The van der Waals surface area contributed by atoms with Gasteiger partial charge in [0.05, 0.1) is 12.8 Å². The molecule has 28 heavy (non-hydrogen) atoms. The van der Waals surface area contributed by atoms with Crippen molar-refractivity contribution in [1.82, 2.24) is 4.90 Å². The molecule has 4 aliphatic carbocycles. The summed E-state index contributed by atoms with van der Waals surface area (Å²) in [5.41, 5.74) is 1.22. The minimum Gasteiger partial charge on any atom is -0.495 e. The van der Waals surface area contributed by atoms with Crippen LogP contribution in [-0.2, 0) is 4.79 Å². The van der Waals surface area contributed by atoms with Crippen molar-refractivity contribution in [3.63, 3.8) is 0 Å². The number of ether oxygens (including phenoxy) is 1. The van der Waals surface area contributed by atoms with E-state index in [0.717, 1.165) is 18.3 Å². The first-order chi connectivity index (χ1) is 13.2. The summed E-state index contributed by atoms with van der Waals surface area (Å²) < 4.78 is 5.65. The molecule has 0 heterocycles. The first-order valence-corrected chi connectivity index (χ1v) is 10.9. The zero-order valence-corrected chi connectivity index (χ0v) is 18.5. The number of methoxy groups -OCH3 is 1. The third-order valence-corrected chi connectivity index (χ3v) is 7.70. The van der Waals surface area contributed by atoms with Gasteiger partial charge in [-0.25, -0.2) is 0 Å². The number of carbonyl (C=O) groups is 2. The van der Waals surface area contributed by atoms with Crippen LogP contribution in [0, 0.1) is 17.3 Å². The highest BCUT2D eigenvalue weighted by Crippen LogP contribution is 2.65. The molecule has 4 bridgehead atoms. The van der Waals surface area contributed by atoms with E-state index in [9.17, 15) is 9.59 Å². The maximum Gasteiger partial charge on any atom is 0.253 e. The van der Waals surface area contributed by atoms with E-state index in [1.165, 1.54) is 37.0 Å². The summed E-state index contributed by atoms with van der Waals surface area (Å²) >= 11 is 4.02. The van der Waals surface area contributed by atoms with Crippen LogP contribution in [0.25, 0.3) is 0 Å². The highest BCUT2D eigenvalue weighted by atomic mass is 79.9. The Hall–Kier alpha value is -1.56. The summed E-state index contributed by atoms with van der Waals surface area (Å²) in [5, 5.41) is 3.03. The standard InChI is InChI=1S/C22H29BrN2O3/c1-25(2)20(27)16-4-5-18(28-3)17(7-16)24-19(26)12-21-8-14-6-15(9-21)11-22(23,10-14)13-21/h4-5,7,14-15H,6,8-13H2,1-3H3,(H,24,26). The molecule has 152 valence electrons. The number of amides is 2. The smallest absolute Gasteiger partial charge is 0.253 e. The topological polar surface area (TPSA) is 58.6 Å². The Morgan fingerprint density at radius 3 is 2.46 bits per heavy atom. The van der Waals surface area contributed by atoms with E-state index < -0.39 is 0 Å². The Morgan fingerprint density at radius 1 is 1.21 bits per heavy atom. The Bertz CT molecular complexity index is 793. The zero-order chi connectivity index (χ0) is 20.1. The Labute approximate surface area is 175 Å². The van der Waals surface area contributed by atoms with Gasteiger partial charge in [-0.05, 0) is 74.0 Å². The van der Waals surface area contributed by atoms with Gasteiger partial charge in [-0.2, -0.15) is 0 Å². The SMILES string of the molecule is COc1ccc(C(=O)N(C)C)cc1NC(=O)CC12CC3CC(CC(Br)(C3)C1)C2. The molecule has 5 rings (SSSR count). The average Bonchev–Trinajstić information content (AvgIpc) is 2.58. The first-order valence-electron chi connectivity index (χ1n) is 10.1. The maximum absolute atomic E-state index is 13.0. The van der Waals surface area contributed by atoms with Gasteiger partial charge in [0.15, 0.2) is 0 Å². The maximum atomic E-state index is 13.0. The molecule has 0 saturated heterocycles. The van der Waals surface area contributed by atoms with Gasteiger partial charge in [0.2, 0.25) is 5.91 Å². The summed E-state index contributed by atoms with van der Waals surface area (Å²) in [6, 6.07) is 5.18. The molecule has 4 aliphatic rings. The highest BCUT2D eigenvalue weighted by Gasteiger charge is 2.57. The van der Waals surface area contributed by atoms with Crippen molar-refractivity contribution in [3.05, 3.63) is 23.8 Å². The fourth-order valence-corrected chi connectivity index (χ4v) is 7.79. The summed E-state index contributed by atoms with van der Waals surface area (Å²) in [6.45, 7) is 0. The molecule has 0 aromatic heterocycles. The van der Waals surface area contributed by atoms with Crippen LogP contribution < -0.4 is 10.1 Å². The molecule has 0 spiro atoms. The van der Waals surface area contributed by atoms with E-state index >= 15 is 0 Å². The van der Waals surface area contributed by atoms with E-state index in [2.05, 4.69) is 21.2 Å². The average molecular weight is 449 g/mol. The van der Waals surface area contributed by atoms with Gasteiger partial charge >= 0.3 is 0 Å². The highest BCUT2D eigenvalue weighted by molar-refractivity contribution is 9.10. The van der Waals surface area contributed by atoms with Gasteiger partial charge in [-0.1, -0.05) is 15.9 Å². The Balaban J connectivity index is 1.51. The van der Waals surface area contributed by atoms with Gasteiger partial charge in [0, 0.05) is 30.4 Å². The molecule has 5 nitrogen and oxygen atoms in total. The van der Waals surface area contributed by atoms with Gasteiger partial charge < -0.3 is 15.0 Å². The number of benzene rings is 1. The number of hydrogen-bond donors (Lipinski definition) is 1. The van der Waals surface area contributed by atoms with Crippen LogP contribution in [0.15, 0.2) is 18.2 Å². The number of anilines is 1. The molecular weight excluding hydrogens is 420 g/mol. The molecular formula is C22H29BrN2O3. The van der Waals surface area contributed by atoms with Crippen LogP contribution in [0.3, 0.4) is 0 Å². The minimum atomic E-state index is -0.0968. The summed E-state index contributed by atoms with van der Waals surface area (Å²) in [7, 11) is 5.01. The van der Waals surface area contributed by atoms with Crippen molar-refractivity contribution >= 4 is 33.4 Å². The molecule has 4 fully saturated rings. The second-order valence-electron chi connectivity index (χ2n) is 9.45. The summed E-state index contributed by atoms with van der Waals surface area (Å²) in [6.07, 6.45) is 7.82. The molecule has 6 heteroatoms. The van der Waals surface area contributed by atoms with E-state index in [1.54, 1.807) is 39.4 Å². The van der Waals surface area contributed by atoms with E-state index in [0.29, 0.717) is 23.4 Å². The van der Waals surface area contributed by atoms with Crippen molar-refractivity contribution in [2.75, 3.05) is 26.5 Å². The second-order valence-corrected chi connectivity index (χ2v) is 11.1. The monoisotopic (exact) mass is 448 g/mol. The normalized spacial score (nSPS) is 32.9. The van der Waals surface area contributed by atoms with Gasteiger partial charge in [0.25, 0.3) is 5.91 Å². The molecule has 2 amide bonds. The van der Waals surface area contributed by atoms with Crippen LogP contribution in [0.5, 0.6) is 5.75 Å². The van der Waals surface area contributed by atoms with Crippen LogP contribution in [-0.4, -0.2) is 42.2 Å². The number of nitrogens with one attached hydrogen (secondary N) is 1. The zero-order valence-electron chi connectivity index (χ0n) is 16.9. The molecule has 1 N–H and O–H groups in total. The third-order valence-electron chi connectivity index (χ3n) is 6.77. The van der Waals surface area contributed by atoms with Crippen LogP contribution in [0.1, 0.15) is 55.3 Å². The number of alkyl halides is 1. The number of nitrogens with zero attached hydrogens (tertiary/aromatic N) is 1. The molecule has 1 aromatic rings. The predicted octanol–water partition coefficient (Wildman–Crippen LogP) is 4.46. The molecule has 0 radical (unpaired) electrons. The van der Waals surface area contributed by atoms with Crippen molar-refractivity contribution in [3.8, 4) is 5.75 Å². The largest absolute Gasteiger partial charge is 0.495 e. The molecule has 4 saturated carbocycles. The van der Waals surface area contributed by atoms with E-state index in [-0.39, 0.29) is 21.6 Å². The van der Waals surface area contributed by atoms with Crippen molar-refractivity contribution in [2.24, 2.45) is 17.3 Å². The third kappa shape index (κ3) is 3.68. The van der Waals surface area contributed by atoms with Gasteiger partial charge in [0.1, 0.15) is 5.75 Å². The van der Waals surface area contributed by atoms with Crippen LogP contribution in [0.4, 0.5) is 5.69 Å². The van der Waals surface area contributed by atoms with Crippen molar-refractivity contribution < 1.29 is 14.3 Å². The lowest BCUT2D eigenvalue weighted by Gasteiger charge is -2.60. The first kappa shape index (κ1) is 19.7. The Kier molecular flexibility index (Phi) is 4.97. The van der Waals surface area contributed by atoms with E-state index in [4.69, 9.17) is 4.74 Å². The number of hydrogen-bond acceptors (Lipinski definition) is 3. The Morgan fingerprint density at radius 2 is 1.89 bits per heavy atom. The van der Waals surface area contributed by atoms with E-state index in [1.807, 2.05) is 0 Å². The lowest BCUT2D eigenvalue weighted by Crippen LogP contribution is -2.53. The van der Waals surface area contributed by atoms with Crippen molar-refractivity contribution in [2.45, 2.75) is 49.3 Å². The predicted molar refractivity (Wildman–Crippen MR) is 113 cm³/mol. The quantitative estimate of drug-likeness (QED) is 0.676. The molecule has 2 unspecified atom stereocenters.